The molecule has 1 aliphatic heterocycles. The van der Waals surface area contributed by atoms with Gasteiger partial charge in [-0.25, -0.2) is 0 Å². The molecule has 0 saturated carbocycles. The smallest absolute Gasteiger partial charge is 0.220 e. The van der Waals surface area contributed by atoms with Gasteiger partial charge in [-0.1, -0.05) is 19.4 Å². The van der Waals surface area contributed by atoms with Crippen LogP contribution in [-0.2, 0) is 16.1 Å². The molecule has 1 fully saturated rings. The molecule has 0 unspecified atom stereocenters. The summed E-state index contributed by atoms with van der Waals surface area (Å²) < 4.78 is 10.1. The number of methoxy groups -OCH3 is 2. The largest absolute Gasteiger partial charge is 0.507 e. The van der Waals surface area contributed by atoms with Crippen LogP contribution in [0.3, 0.4) is 0 Å². The molecule has 6 heteroatoms. The van der Waals surface area contributed by atoms with Crippen molar-refractivity contribution in [3.63, 3.8) is 0 Å². The minimum absolute atomic E-state index is 0.117. The molecule has 0 bridgehead atoms. The Balaban J connectivity index is 1.87. The third kappa shape index (κ3) is 5.88. The average molecular weight is 364 g/mol. The lowest BCUT2D eigenvalue weighted by molar-refractivity contribution is -0.123. The van der Waals surface area contributed by atoms with Crippen LogP contribution in [0.5, 0.6) is 11.5 Å². The van der Waals surface area contributed by atoms with Crippen LogP contribution in [0.2, 0.25) is 0 Å². The summed E-state index contributed by atoms with van der Waals surface area (Å²) in [5.74, 6) is 1.97. The minimum atomic E-state index is 0.117. The summed E-state index contributed by atoms with van der Waals surface area (Å²) in [4.78, 5) is 14.5. The second-order valence-electron chi connectivity index (χ2n) is 6.99. The zero-order valence-electron chi connectivity index (χ0n) is 16.2. The first-order valence-electron chi connectivity index (χ1n) is 9.41. The maximum Gasteiger partial charge on any atom is 0.220 e. The van der Waals surface area contributed by atoms with Crippen molar-refractivity contribution in [3.8, 4) is 11.5 Å². The summed E-state index contributed by atoms with van der Waals surface area (Å²) in [5.41, 5.74) is 0.913. The van der Waals surface area contributed by atoms with Crippen LogP contribution in [0.25, 0.3) is 0 Å². The molecule has 2 N–H and O–H groups in total. The van der Waals surface area contributed by atoms with Crippen molar-refractivity contribution in [1.29, 1.82) is 0 Å². The van der Waals surface area contributed by atoms with E-state index in [9.17, 15) is 9.90 Å². The molecule has 1 aromatic carbocycles. The van der Waals surface area contributed by atoms with E-state index >= 15 is 0 Å². The molecule has 0 aliphatic carbocycles. The minimum Gasteiger partial charge on any atom is -0.507 e. The Morgan fingerprint density at radius 1 is 1.35 bits per heavy atom. The number of nitrogens with zero attached hydrogens (tertiary/aromatic N) is 1. The number of likely N-dealkylation sites (tertiary alicyclic amines) is 1. The zero-order valence-corrected chi connectivity index (χ0v) is 16.2. The third-order valence-corrected chi connectivity index (χ3v) is 5.26. The van der Waals surface area contributed by atoms with Crippen LogP contribution in [-0.4, -0.2) is 56.4 Å². The monoisotopic (exact) mass is 364 g/mol. The van der Waals surface area contributed by atoms with Gasteiger partial charge in [0.25, 0.3) is 0 Å². The molecule has 0 radical (unpaired) electrons. The van der Waals surface area contributed by atoms with Crippen LogP contribution >= 0.6 is 0 Å². The van der Waals surface area contributed by atoms with Gasteiger partial charge in [0, 0.05) is 44.8 Å². The molecule has 1 aromatic rings. The van der Waals surface area contributed by atoms with Crippen molar-refractivity contribution in [2.24, 2.45) is 11.8 Å². The van der Waals surface area contributed by atoms with E-state index in [1.807, 2.05) is 12.1 Å². The Bertz CT molecular complexity index is 579. The lowest BCUT2D eigenvalue weighted by Crippen LogP contribution is -2.41. The standard InChI is InChI=1S/C20H32N2O4/c1-4-15-13-22(14-17-5-6-18(26-3)12-19(17)23)9-7-16(15)11-20(24)21-8-10-25-2/h5-6,12,15-16,23H,4,7-11,13-14H2,1-3H3,(H,21,24)/t15-,16-/m0/s1. The summed E-state index contributed by atoms with van der Waals surface area (Å²) in [6, 6.07) is 5.46. The first-order valence-corrected chi connectivity index (χ1v) is 9.41. The van der Waals surface area contributed by atoms with Gasteiger partial charge >= 0.3 is 0 Å². The predicted octanol–water partition coefficient (Wildman–Crippen LogP) is 2.40. The molecule has 1 amide bonds. The van der Waals surface area contributed by atoms with E-state index in [1.165, 1.54) is 0 Å². The highest BCUT2D eigenvalue weighted by molar-refractivity contribution is 5.76. The molecule has 1 aliphatic rings. The highest BCUT2D eigenvalue weighted by atomic mass is 16.5. The van der Waals surface area contributed by atoms with Crippen molar-refractivity contribution in [1.82, 2.24) is 10.2 Å². The van der Waals surface area contributed by atoms with Crippen molar-refractivity contribution in [2.45, 2.75) is 32.7 Å². The Labute approximate surface area is 156 Å². The molecule has 1 saturated heterocycles. The van der Waals surface area contributed by atoms with Crippen LogP contribution in [0.1, 0.15) is 31.7 Å². The fourth-order valence-electron chi connectivity index (χ4n) is 3.68. The first-order chi connectivity index (χ1) is 12.6. The van der Waals surface area contributed by atoms with Crippen molar-refractivity contribution < 1.29 is 19.4 Å². The molecular formula is C20H32N2O4. The highest BCUT2D eigenvalue weighted by Crippen LogP contribution is 2.31. The van der Waals surface area contributed by atoms with Crippen LogP contribution in [0.15, 0.2) is 18.2 Å². The quantitative estimate of drug-likeness (QED) is 0.659. The van der Waals surface area contributed by atoms with Gasteiger partial charge < -0.3 is 19.9 Å². The molecule has 26 heavy (non-hydrogen) atoms. The number of hydrogen-bond acceptors (Lipinski definition) is 5. The first kappa shape index (κ1) is 20.5. The second-order valence-corrected chi connectivity index (χ2v) is 6.99. The number of rotatable bonds is 9. The number of phenolic OH excluding ortho intramolecular Hbond substituents is 1. The zero-order chi connectivity index (χ0) is 18.9. The number of carbonyl (C=O) groups excluding carboxylic acids is 1. The van der Waals surface area contributed by atoms with E-state index in [-0.39, 0.29) is 11.7 Å². The molecule has 0 spiro atoms. The molecule has 0 aromatic heterocycles. The van der Waals surface area contributed by atoms with Gasteiger partial charge in [0.05, 0.1) is 13.7 Å². The molecular weight excluding hydrogens is 332 g/mol. The fourth-order valence-corrected chi connectivity index (χ4v) is 3.68. The Morgan fingerprint density at radius 3 is 2.81 bits per heavy atom. The Hall–Kier alpha value is -1.79. The van der Waals surface area contributed by atoms with Crippen molar-refractivity contribution >= 4 is 5.91 Å². The second kappa shape index (κ2) is 10.4. The van der Waals surface area contributed by atoms with Gasteiger partial charge in [-0.05, 0) is 30.9 Å². The van der Waals surface area contributed by atoms with E-state index in [1.54, 1.807) is 20.3 Å². The van der Waals surface area contributed by atoms with Crippen LogP contribution < -0.4 is 10.1 Å². The molecule has 2 atom stereocenters. The van der Waals surface area contributed by atoms with Crippen LogP contribution in [0.4, 0.5) is 0 Å². The summed E-state index contributed by atoms with van der Waals surface area (Å²) in [6.07, 6.45) is 2.65. The average Bonchev–Trinajstić information content (AvgIpc) is 2.64. The van der Waals surface area contributed by atoms with Gasteiger partial charge in [-0.2, -0.15) is 0 Å². The summed E-state index contributed by atoms with van der Waals surface area (Å²) >= 11 is 0. The normalized spacial score (nSPS) is 20.7. The number of piperidine rings is 1. The van der Waals surface area contributed by atoms with E-state index in [2.05, 4.69) is 17.1 Å². The number of carbonyl (C=O) groups is 1. The number of nitrogens with one attached hydrogen (secondary N) is 1. The van der Waals surface area contributed by atoms with Gasteiger partial charge in [0.2, 0.25) is 5.91 Å². The Morgan fingerprint density at radius 2 is 2.15 bits per heavy atom. The number of phenols is 1. The summed E-state index contributed by atoms with van der Waals surface area (Å²) in [6.45, 7) is 5.93. The molecule has 6 nitrogen and oxygen atoms in total. The predicted molar refractivity (Wildman–Crippen MR) is 101 cm³/mol. The fraction of sp³-hybridized carbons (Fsp3) is 0.650. The highest BCUT2D eigenvalue weighted by Gasteiger charge is 2.29. The number of hydrogen-bond donors (Lipinski definition) is 2. The lowest BCUT2D eigenvalue weighted by Gasteiger charge is -2.38. The number of benzene rings is 1. The van der Waals surface area contributed by atoms with Gasteiger partial charge in [-0.3, -0.25) is 9.69 Å². The van der Waals surface area contributed by atoms with Crippen molar-refractivity contribution in [2.75, 3.05) is 40.5 Å². The van der Waals surface area contributed by atoms with Crippen molar-refractivity contribution in [3.05, 3.63) is 23.8 Å². The third-order valence-electron chi connectivity index (χ3n) is 5.26. The summed E-state index contributed by atoms with van der Waals surface area (Å²) in [7, 11) is 3.23. The Kier molecular flexibility index (Phi) is 8.19. The van der Waals surface area contributed by atoms with E-state index in [0.717, 1.165) is 38.0 Å². The van der Waals surface area contributed by atoms with E-state index in [0.29, 0.717) is 37.2 Å². The van der Waals surface area contributed by atoms with Crippen LogP contribution in [0, 0.1) is 11.8 Å². The maximum atomic E-state index is 12.1. The van der Waals surface area contributed by atoms with Gasteiger partial charge in [0.15, 0.2) is 0 Å². The molecule has 1 heterocycles. The number of amides is 1. The maximum absolute atomic E-state index is 12.1. The summed E-state index contributed by atoms with van der Waals surface area (Å²) in [5, 5.41) is 13.1. The SMILES string of the molecule is CC[C@H]1CN(Cc2ccc(OC)cc2O)CC[C@H]1CC(=O)NCCOC. The molecule has 2 rings (SSSR count). The topological polar surface area (TPSA) is 71.0 Å². The van der Waals surface area contributed by atoms with E-state index in [4.69, 9.17) is 9.47 Å². The number of aromatic hydroxyl groups is 1. The van der Waals surface area contributed by atoms with E-state index < -0.39 is 0 Å². The van der Waals surface area contributed by atoms with Gasteiger partial charge in [0.1, 0.15) is 11.5 Å². The molecule has 146 valence electrons. The van der Waals surface area contributed by atoms with Gasteiger partial charge in [-0.15, -0.1) is 0 Å². The lowest BCUT2D eigenvalue weighted by atomic mass is 9.81. The number of ether oxygens (including phenoxy) is 2.